The molecular formula is C16H15N3O4S. The Bertz CT molecular complexity index is 948. The molecule has 0 unspecified atom stereocenters. The number of nitro benzene ring substituents is 1. The zero-order chi connectivity index (χ0) is 17.1. The number of aromatic nitrogens is 2. The molecule has 0 aliphatic heterocycles. The molecule has 124 valence electrons. The summed E-state index contributed by atoms with van der Waals surface area (Å²) in [6, 6.07) is 8.10. The first-order valence-electron chi connectivity index (χ1n) is 7.44. The molecule has 8 heteroatoms. The Morgan fingerprint density at radius 2 is 2.21 bits per heavy atom. The van der Waals surface area contributed by atoms with E-state index in [-0.39, 0.29) is 17.9 Å². The van der Waals surface area contributed by atoms with Gasteiger partial charge < -0.3 is 9.72 Å². The van der Waals surface area contributed by atoms with Gasteiger partial charge in [0.1, 0.15) is 17.1 Å². The third-order valence-corrected chi connectivity index (χ3v) is 4.53. The Morgan fingerprint density at radius 3 is 2.96 bits per heavy atom. The summed E-state index contributed by atoms with van der Waals surface area (Å²) in [5.74, 6) is 0.476. The topological polar surface area (TPSA) is 98.1 Å². The number of thiophene rings is 1. The summed E-state index contributed by atoms with van der Waals surface area (Å²) < 4.78 is 5.90. The molecule has 3 aromatic rings. The molecule has 7 nitrogen and oxygen atoms in total. The van der Waals surface area contributed by atoms with Gasteiger partial charge >= 0.3 is 0 Å². The highest BCUT2D eigenvalue weighted by molar-refractivity contribution is 7.22. The number of aromatic amines is 1. The Balaban J connectivity index is 1.99. The molecule has 0 saturated carbocycles. The van der Waals surface area contributed by atoms with Crippen molar-refractivity contribution in [3.05, 3.63) is 56.6 Å². The number of ether oxygens (including phenoxy) is 1. The predicted octanol–water partition coefficient (Wildman–Crippen LogP) is 3.49. The van der Waals surface area contributed by atoms with Crippen molar-refractivity contribution >= 4 is 27.2 Å². The molecule has 0 aliphatic carbocycles. The maximum Gasteiger partial charge on any atom is 0.270 e. The first-order chi connectivity index (χ1) is 11.6. The van der Waals surface area contributed by atoms with Gasteiger partial charge in [0.2, 0.25) is 0 Å². The van der Waals surface area contributed by atoms with Crippen molar-refractivity contribution in [1.29, 1.82) is 0 Å². The Morgan fingerprint density at radius 1 is 1.38 bits per heavy atom. The van der Waals surface area contributed by atoms with Gasteiger partial charge in [-0.05, 0) is 18.1 Å². The molecule has 1 aromatic carbocycles. The molecule has 0 atom stereocenters. The fourth-order valence-electron chi connectivity index (χ4n) is 2.28. The Labute approximate surface area is 141 Å². The van der Waals surface area contributed by atoms with Crippen LogP contribution in [0.5, 0.6) is 0 Å². The second-order valence-corrected chi connectivity index (χ2v) is 6.25. The average molecular weight is 345 g/mol. The first-order valence-corrected chi connectivity index (χ1v) is 8.25. The highest BCUT2D eigenvalue weighted by atomic mass is 32.1. The minimum absolute atomic E-state index is 0.0143. The number of fused-ring (bicyclic) bond motifs is 1. The van der Waals surface area contributed by atoms with Crippen molar-refractivity contribution in [3.8, 4) is 10.4 Å². The molecule has 24 heavy (non-hydrogen) atoms. The minimum Gasteiger partial charge on any atom is -0.374 e. The lowest BCUT2D eigenvalue weighted by atomic mass is 10.1. The minimum atomic E-state index is -0.439. The van der Waals surface area contributed by atoms with Crippen LogP contribution in [-0.2, 0) is 11.3 Å². The maximum atomic E-state index is 12.2. The van der Waals surface area contributed by atoms with Gasteiger partial charge in [-0.25, -0.2) is 4.98 Å². The molecular weight excluding hydrogens is 330 g/mol. The number of nitrogens with one attached hydrogen (secondary N) is 1. The fourth-order valence-corrected chi connectivity index (χ4v) is 3.27. The van der Waals surface area contributed by atoms with Crippen LogP contribution in [0.4, 0.5) is 5.69 Å². The summed E-state index contributed by atoms with van der Waals surface area (Å²) in [7, 11) is 0. The highest BCUT2D eigenvalue weighted by Gasteiger charge is 2.13. The van der Waals surface area contributed by atoms with Gasteiger partial charge in [-0.3, -0.25) is 14.9 Å². The molecule has 0 fully saturated rings. The number of benzene rings is 1. The maximum absolute atomic E-state index is 12.2. The van der Waals surface area contributed by atoms with Gasteiger partial charge in [0.25, 0.3) is 11.2 Å². The normalized spacial score (nSPS) is 11.0. The molecule has 3 rings (SSSR count). The number of nitrogens with zero attached hydrogens (tertiary/aromatic N) is 2. The van der Waals surface area contributed by atoms with E-state index in [9.17, 15) is 14.9 Å². The standard InChI is InChI=1S/C16H15N3O4S/c1-2-6-23-9-14-17-12-8-13(24-15(12)16(20)18-14)10-4-3-5-11(7-10)19(21)22/h3-5,7-8H,2,6,9H2,1H3,(H,17,18,20). The lowest BCUT2D eigenvalue weighted by Gasteiger charge is -2.01. The summed E-state index contributed by atoms with van der Waals surface area (Å²) in [6.45, 7) is 2.86. The monoisotopic (exact) mass is 345 g/mol. The van der Waals surface area contributed by atoms with Crippen LogP contribution in [0, 0.1) is 10.1 Å². The summed E-state index contributed by atoms with van der Waals surface area (Å²) in [4.78, 5) is 30.6. The SMILES string of the molecule is CCCOCc1nc2cc(-c3cccc([N+](=O)[O-])c3)sc2c(=O)[nH]1. The van der Waals surface area contributed by atoms with E-state index in [2.05, 4.69) is 9.97 Å². The van der Waals surface area contributed by atoms with Crippen LogP contribution in [0.2, 0.25) is 0 Å². The lowest BCUT2D eigenvalue weighted by molar-refractivity contribution is -0.384. The molecule has 2 heterocycles. The van der Waals surface area contributed by atoms with Crippen LogP contribution < -0.4 is 5.56 Å². The molecule has 0 radical (unpaired) electrons. The smallest absolute Gasteiger partial charge is 0.270 e. The third kappa shape index (κ3) is 3.34. The van der Waals surface area contributed by atoms with E-state index in [0.717, 1.165) is 11.3 Å². The second kappa shape index (κ2) is 6.90. The molecule has 0 aliphatic rings. The Hall–Kier alpha value is -2.58. The number of H-pyrrole nitrogens is 1. The quantitative estimate of drug-likeness (QED) is 0.419. The van der Waals surface area contributed by atoms with Crippen molar-refractivity contribution in [3.63, 3.8) is 0 Å². The van der Waals surface area contributed by atoms with Crippen LogP contribution in [0.1, 0.15) is 19.2 Å². The summed E-state index contributed by atoms with van der Waals surface area (Å²) in [5, 5.41) is 10.9. The number of hydrogen-bond acceptors (Lipinski definition) is 6. The van der Waals surface area contributed by atoms with Crippen molar-refractivity contribution in [2.45, 2.75) is 20.0 Å². The molecule has 0 amide bonds. The van der Waals surface area contributed by atoms with Crippen LogP contribution >= 0.6 is 11.3 Å². The molecule has 0 saturated heterocycles. The number of nitro groups is 1. The van der Waals surface area contributed by atoms with Gasteiger partial charge in [0.05, 0.1) is 10.4 Å². The zero-order valence-corrected chi connectivity index (χ0v) is 13.8. The summed E-state index contributed by atoms with van der Waals surface area (Å²) in [5.41, 5.74) is 1.05. The average Bonchev–Trinajstić information content (AvgIpc) is 3.00. The van der Waals surface area contributed by atoms with E-state index in [1.54, 1.807) is 18.2 Å². The van der Waals surface area contributed by atoms with E-state index in [1.807, 2.05) is 6.92 Å². The van der Waals surface area contributed by atoms with Crippen molar-refractivity contribution in [2.24, 2.45) is 0 Å². The number of non-ortho nitro benzene ring substituents is 1. The fraction of sp³-hybridized carbons (Fsp3) is 0.250. The first kappa shape index (κ1) is 16.3. The van der Waals surface area contributed by atoms with E-state index < -0.39 is 4.92 Å². The molecule has 0 bridgehead atoms. The van der Waals surface area contributed by atoms with E-state index in [0.29, 0.717) is 28.2 Å². The summed E-state index contributed by atoms with van der Waals surface area (Å²) in [6.07, 6.45) is 0.891. The largest absolute Gasteiger partial charge is 0.374 e. The van der Waals surface area contributed by atoms with Gasteiger partial charge in [-0.1, -0.05) is 19.1 Å². The van der Waals surface area contributed by atoms with Crippen molar-refractivity contribution < 1.29 is 9.66 Å². The Kier molecular flexibility index (Phi) is 4.68. The molecule has 2 aromatic heterocycles. The summed E-state index contributed by atoms with van der Waals surface area (Å²) >= 11 is 1.26. The van der Waals surface area contributed by atoms with Crippen LogP contribution in [0.25, 0.3) is 20.7 Å². The van der Waals surface area contributed by atoms with E-state index >= 15 is 0 Å². The molecule has 1 N–H and O–H groups in total. The van der Waals surface area contributed by atoms with Gasteiger partial charge in [-0.15, -0.1) is 11.3 Å². The predicted molar refractivity (Wildman–Crippen MR) is 92.3 cm³/mol. The van der Waals surface area contributed by atoms with Crippen molar-refractivity contribution in [2.75, 3.05) is 6.61 Å². The number of hydrogen-bond donors (Lipinski definition) is 1. The highest BCUT2D eigenvalue weighted by Crippen LogP contribution is 2.32. The lowest BCUT2D eigenvalue weighted by Crippen LogP contribution is -2.11. The van der Waals surface area contributed by atoms with Crippen LogP contribution in [0.15, 0.2) is 35.1 Å². The molecule has 0 spiro atoms. The second-order valence-electron chi connectivity index (χ2n) is 5.20. The third-order valence-electron chi connectivity index (χ3n) is 3.36. The van der Waals surface area contributed by atoms with Gasteiger partial charge in [0, 0.05) is 23.6 Å². The van der Waals surface area contributed by atoms with E-state index in [4.69, 9.17) is 4.74 Å². The van der Waals surface area contributed by atoms with Gasteiger partial charge in [0.15, 0.2) is 0 Å². The van der Waals surface area contributed by atoms with Crippen molar-refractivity contribution in [1.82, 2.24) is 9.97 Å². The van der Waals surface area contributed by atoms with Crippen LogP contribution in [0.3, 0.4) is 0 Å². The zero-order valence-electron chi connectivity index (χ0n) is 12.9. The van der Waals surface area contributed by atoms with Crippen LogP contribution in [-0.4, -0.2) is 21.5 Å². The van der Waals surface area contributed by atoms with E-state index in [1.165, 1.54) is 23.5 Å². The van der Waals surface area contributed by atoms with Gasteiger partial charge in [-0.2, -0.15) is 0 Å². The number of rotatable bonds is 6.